The van der Waals surface area contributed by atoms with E-state index < -0.39 is 0 Å². The summed E-state index contributed by atoms with van der Waals surface area (Å²) >= 11 is 9.63. The molecule has 0 saturated carbocycles. The molecular formula is C13H14BrClN2O. The summed E-state index contributed by atoms with van der Waals surface area (Å²) in [6.45, 7) is 8.04. The number of halogens is 2. The summed E-state index contributed by atoms with van der Waals surface area (Å²) in [6.07, 6.45) is 1.62. The lowest BCUT2D eigenvalue weighted by Gasteiger charge is -2.18. The zero-order valence-electron chi connectivity index (χ0n) is 10.7. The van der Waals surface area contributed by atoms with Crippen LogP contribution in [0.4, 0.5) is 0 Å². The molecule has 0 aliphatic rings. The molecule has 2 aromatic rings. The van der Waals surface area contributed by atoms with Crippen LogP contribution in [-0.2, 0) is 5.41 Å². The first-order valence-electron chi connectivity index (χ1n) is 5.58. The van der Waals surface area contributed by atoms with Gasteiger partial charge in [-0.15, -0.1) is 0 Å². The molecular weight excluding hydrogens is 316 g/mol. The van der Waals surface area contributed by atoms with Gasteiger partial charge in [0.05, 0.1) is 10.7 Å². The van der Waals surface area contributed by atoms with Crippen LogP contribution in [0.1, 0.15) is 32.2 Å². The van der Waals surface area contributed by atoms with Crippen molar-refractivity contribution in [3.63, 3.8) is 0 Å². The van der Waals surface area contributed by atoms with E-state index in [2.05, 4.69) is 46.7 Å². The van der Waals surface area contributed by atoms with Gasteiger partial charge in [0.1, 0.15) is 16.7 Å². The van der Waals surface area contributed by atoms with Gasteiger partial charge in [0.2, 0.25) is 0 Å². The van der Waals surface area contributed by atoms with Gasteiger partial charge in [-0.05, 0) is 28.9 Å². The van der Waals surface area contributed by atoms with Crippen LogP contribution in [0, 0.1) is 6.92 Å². The van der Waals surface area contributed by atoms with Crippen LogP contribution >= 0.6 is 27.5 Å². The van der Waals surface area contributed by atoms with E-state index in [9.17, 15) is 0 Å². The monoisotopic (exact) mass is 328 g/mol. The van der Waals surface area contributed by atoms with Gasteiger partial charge in [-0.2, -0.15) is 0 Å². The fraction of sp³-hybridized carbons (Fsp3) is 0.385. The lowest BCUT2D eigenvalue weighted by Crippen LogP contribution is -2.17. The van der Waals surface area contributed by atoms with Crippen LogP contribution in [0.3, 0.4) is 0 Å². The third-order valence-electron chi connectivity index (χ3n) is 2.59. The largest absolute Gasteiger partial charge is 0.461 e. The van der Waals surface area contributed by atoms with E-state index in [-0.39, 0.29) is 5.41 Å². The van der Waals surface area contributed by atoms with Crippen molar-refractivity contribution in [2.45, 2.75) is 33.1 Å². The highest BCUT2D eigenvalue weighted by molar-refractivity contribution is 9.10. The molecule has 0 amide bonds. The van der Waals surface area contributed by atoms with Crippen molar-refractivity contribution in [3.8, 4) is 11.5 Å². The topological polar surface area (TPSA) is 38.9 Å². The van der Waals surface area contributed by atoms with Crippen LogP contribution in [0.2, 0.25) is 5.15 Å². The summed E-state index contributed by atoms with van der Waals surface area (Å²) in [5.74, 6) is 1.39. The van der Waals surface area contributed by atoms with Gasteiger partial charge in [-0.25, -0.2) is 9.97 Å². The fourth-order valence-corrected chi connectivity index (χ4v) is 2.07. The quantitative estimate of drug-likeness (QED) is 0.708. The first-order chi connectivity index (χ1) is 8.30. The number of furan rings is 1. The number of nitrogens with zero attached hydrogens (tertiary/aromatic N) is 2. The van der Waals surface area contributed by atoms with Crippen molar-refractivity contribution in [2.75, 3.05) is 0 Å². The van der Waals surface area contributed by atoms with E-state index in [1.54, 1.807) is 6.26 Å². The molecule has 2 aromatic heterocycles. The summed E-state index contributed by atoms with van der Waals surface area (Å²) in [6, 6.07) is 1.83. The standard InChI is InChI=1S/C13H14BrClN2O/c1-7-9(10-8(14)5-6-18-10)16-12(13(2,3)4)17-11(7)15/h5-6H,1-4H3. The maximum Gasteiger partial charge on any atom is 0.166 e. The molecule has 0 aliphatic carbocycles. The van der Waals surface area contributed by atoms with E-state index in [0.29, 0.717) is 16.7 Å². The van der Waals surface area contributed by atoms with Gasteiger partial charge in [0.15, 0.2) is 5.76 Å². The van der Waals surface area contributed by atoms with E-state index in [0.717, 1.165) is 15.7 Å². The van der Waals surface area contributed by atoms with Gasteiger partial charge in [0, 0.05) is 11.0 Å². The van der Waals surface area contributed by atoms with Gasteiger partial charge in [-0.3, -0.25) is 0 Å². The number of hydrogen-bond acceptors (Lipinski definition) is 3. The molecule has 0 fully saturated rings. The predicted molar refractivity (Wildman–Crippen MR) is 75.9 cm³/mol. The predicted octanol–water partition coefficient (Wildman–Crippen LogP) is 4.76. The first kappa shape index (κ1) is 13.6. The normalized spacial score (nSPS) is 11.9. The maximum atomic E-state index is 6.19. The third-order valence-corrected chi connectivity index (χ3v) is 3.58. The van der Waals surface area contributed by atoms with E-state index >= 15 is 0 Å². The molecule has 5 heteroatoms. The minimum atomic E-state index is -0.162. The summed E-state index contributed by atoms with van der Waals surface area (Å²) in [5.41, 5.74) is 1.39. The Morgan fingerprint density at radius 3 is 2.44 bits per heavy atom. The van der Waals surface area contributed by atoms with Crippen LogP contribution < -0.4 is 0 Å². The van der Waals surface area contributed by atoms with Crippen LogP contribution in [0.15, 0.2) is 21.2 Å². The molecule has 2 rings (SSSR count). The van der Waals surface area contributed by atoms with Crippen molar-refractivity contribution in [2.24, 2.45) is 0 Å². The second-order valence-electron chi connectivity index (χ2n) is 5.16. The fourth-order valence-electron chi connectivity index (χ4n) is 1.51. The number of hydrogen-bond donors (Lipinski definition) is 0. The van der Waals surface area contributed by atoms with Crippen LogP contribution in [0.25, 0.3) is 11.5 Å². The van der Waals surface area contributed by atoms with Crippen molar-refractivity contribution in [1.82, 2.24) is 9.97 Å². The average molecular weight is 330 g/mol. The Bertz CT molecular complexity index is 587. The zero-order valence-corrected chi connectivity index (χ0v) is 13.1. The lowest BCUT2D eigenvalue weighted by molar-refractivity contribution is 0.540. The Hall–Kier alpha value is -0.870. The van der Waals surface area contributed by atoms with Crippen LogP contribution in [-0.4, -0.2) is 9.97 Å². The Kier molecular flexibility index (Phi) is 3.52. The molecule has 0 unspecified atom stereocenters. The molecule has 0 aromatic carbocycles. The van der Waals surface area contributed by atoms with Crippen LogP contribution in [0.5, 0.6) is 0 Å². The Morgan fingerprint density at radius 1 is 1.28 bits per heavy atom. The zero-order chi connectivity index (χ0) is 13.5. The molecule has 0 atom stereocenters. The smallest absolute Gasteiger partial charge is 0.166 e. The molecule has 0 spiro atoms. The summed E-state index contributed by atoms with van der Waals surface area (Å²) in [4.78, 5) is 8.93. The second kappa shape index (κ2) is 4.67. The number of rotatable bonds is 1. The Morgan fingerprint density at radius 2 is 1.94 bits per heavy atom. The highest BCUT2D eigenvalue weighted by Crippen LogP contribution is 2.33. The molecule has 0 bridgehead atoms. The molecule has 96 valence electrons. The van der Waals surface area contributed by atoms with Crippen molar-refractivity contribution >= 4 is 27.5 Å². The summed E-state index contributed by atoms with van der Waals surface area (Å²) < 4.78 is 6.32. The van der Waals surface area contributed by atoms with Gasteiger partial charge < -0.3 is 4.42 Å². The second-order valence-corrected chi connectivity index (χ2v) is 6.37. The molecule has 2 heterocycles. The van der Waals surface area contributed by atoms with E-state index in [4.69, 9.17) is 16.0 Å². The Balaban J connectivity index is 2.68. The highest BCUT2D eigenvalue weighted by atomic mass is 79.9. The molecule has 3 nitrogen and oxygen atoms in total. The highest BCUT2D eigenvalue weighted by Gasteiger charge is 2.23. The molecule has 0 saturated heterocycles. The number of aromatic nitrogens is 2. The third kappa shape index (κ3) is 2.45. The van der Waals surface area contributed by atoms with Crippen molar-refractivity contribution in [3.05, 3.63) is 33.3 Å². The minimum Gasteiger partial charge on any atom is -0.461 e. The summed E-state index contributed by atoms with van der Waals surface area (Å²) in [5, 5.41) is 0.466. The molecule has 0 N–H and O–H groups in total. The van der Waals surface area contributed by atoms with Crippen molar-refractivity contribution < 1.29 is 4.42 Å². The lowest BCUT2D eigenvalue weighted by atomic mass is 9.95. The molecule has 0 radical (unpaired) electrons. The maximum absolute atomic E-state index is 6.19. The van der Waals surface area contributed by atoms with Gasteiger partial charge in [-0.1, -0.05) is 32.4 Å². The molecule has 0 aliphatic heterocycles. The first-order valence-corrected chi connectivity index (χ1v) is 6.76. The van der Waals surface area contributed by atoms with Gasteiger partial charge in [0.25, 0.3) is 0 Å². The SMILES string of the molecule is Cc1c(Cl)nc(C(C)(C)C)nc1-c1occc1Br. The molecule has 18 heavy (non-hydrogen) atoms. The van der Waals surface area contributed by atoms with Gasteiger partial charge >= 0.3 is 0 Å². The van der Waals surface area contributed by atoms with Crippen molar-refractivity contribution in [1.29, 1.82) is 0 Å². The Labute approximate surface area is 120 Å². The van der Waals surface area contributed by atoms with E-state index in [1.165, 1.54) is 0 Å². The average Bonchev–Trinajstić information content (AvgIpc) is 2.67. The summed E-state index contributed by atoms with van der Waals surface area (Å²) in [7, 11) is 0. The van der Waals surface area contributed by atoms with E-state index in [1.807, 2.05) is 13.0 Å². The minimum absolute atomic E-state index is 0.162.